The molecule has 1 heterocycles. The van der Waals surface area contributed by atoms with Crippen molar-refractivity contribution in [3.05, 3.63) is 18.1 Å². The smallest absolute Gasteiger partial charge is 0.216 e. The first-order valence-corrected chi connectivity index (χ1v) is 7.90. The highest BCUT2D eigenvalue weighted by Crippen LogP contribution is 2.29. The standard InChI is InChI=1S/C16H27N3O/c1-3-8-17-14(9-13-6-4-5-7-13)10-15-11-16(20-2)19-12-18-15/h11-14,17H,3-10H2,1-2H3. The van der Waals surface area contributed by atoms with E-state index in [1.807, 2.05) is 6.07 Å². The molecular weight excluding hydrogens is 250 g/mol. The van der Waals surface area contributed by atoms with Crippen molar-refractivity contribution in [2.45, 2.75) is 57.9 Å². The molecule has 0 aliphatic heterocycles. The lowest BCUT2D eigenvalue weighted by Gasteiger charge is -2.21. The van der Waals surface area contributed by atoms with Gasteiger partial charge in [0, 0.05) is 24.2 Å². The molecule has 1 aliphatic carbocycles. The van der Waals surface area contributed by atoms with Gasteiger partial charge in [0.2, 0.25) is 5.88 Å². The van der Waals surface area contributed by atoms with Crippen LogP contribution in [0.1, 0.15) is 51.1 Å². The summed E-state index contributed by atoms with van der Waals surface area (Å²) in [6.07, 6.45) is 10.6. The van der Waals surface area contributed by atoms with E-state index in [9.17, 15) is 0 Å². The van der Waals surface area contributed by atoms with Gasteiger partial charge in [-0.15, -0.1) is 0 Å². The first kappa shape index (κ1) is 15.2. The molecule has 1 aliphatic rings. The van der Waals surface area contributed by atoms with Crippen LogP contribution in [-0.4, -0.2) is 29.7 Å². The zero-order chi connectivity index (χ0) is 14.2. The van der Waals surface area contributed by atoms with Crippen LogP contribution in [0.4, 0.5) is 0 Å². The van der Waals surface area contributed by atoms with Gasteiger partial charge in [-0.05, 0) is 25.3 Å². The number of methoxy groups -OCH3 is 1. The number of nitrogens with zero attached hydrogens (tertiary/aromatic N) is 2. The van der Waals surface area contributed by atoms with E-state index in [1.165, 1.54) is 38.5 Å². The summed E-state index contributed by atoms with van der Waals surface area (Å²) in [7, 11) is 1.65. The van der Waals surface area contributed by atoms with Gasteiger partial charge in [-0.3, -0.25) is 0 Å². The highest BCUT2D eigenvalue weighted by molar-refractivity contribution is 5.14. The molecule has 1 aromatic heterocycles. The Morgan fingerprint density at radius 1 is 1.35 bits per heavy atom. The highest BCUT2D eigenvalue weighted by Gasteiger charge is 2.20. The topological polar surface area (TPSA) is 47.0 Å². The van der Waals surface area contributed by atoms with Gasteiger partial charge in [0.15, 0.2) is 0 Å². The third kappa shape index (κ3) is 4.75. The number of ether oxygens (including phenoxy) is 1. The lowest BCUT2D eigenvalue weighted by Crippen LogP contribution is -2.33. The molecule has 112 valence electrons. The van der Waals surface area contributed by atoms with Crippen molar-refractivity contribution in [2.24, 2.45) is 5.92 Å². The first-order valence-electron chi connectivity index (χ1n) is 7.90. The van der Waals surface area contributed by atoms with Crippen LogP contribution in [0.3, 0.4) is 0 Å². The molecule has 4 nitrogen and oxygen atoms in total. The quantitative estimate of drug-likeness (QED) is 0.793. The van der Waals surface area contributed by atoms with Crippen LogP contribution in [0, 0.1) is 5.92 Å². The molecule has 0 saturated heterocycles. The van der Waals surface area contributed by atoms with Crippen LogP contribution < -0.4 is 10.1 Å². The number of rotatable bonds is 8. The normalized spacial score (nSPS) is 17.3. The van der Waals surface area contributed by atoms with E-state index < -0.39 is 0 Å². The van der Waals surface area contributed by atoms with Crippen LogP contribution in [0.25, 0.3) is 0 Å². The molecule has 2 rings (SSSR count). The van der Waals surface area contributed by atoms with Gasteiger partial charge in [0.1, 0.15) is 6.33 Å². The molecule has 0 amide bonds. The fraction of sp³-hybridized carbons (Fsp3) is 0.750. The summed E-state index contributed by atoms with van der Waals surface area (Å²) in [5, 5.41) is 3.68. The summed E-state index contributed by atoms with van der Waals surface area (Å²) >= 11 is 0. The zero-order valence-electron chi connectivity index (χ0n) is 12.8. The maximum Gasteiger partial charge on any atom is 0.216 e. The minimum Gasteiger partial charge on any atom is -0.481 e. The van der Waals surface area contributed by atoms with Crippen LogP contribution in [0.15, 0.2) is 12.4 Å². The fourth-order valence-corrected chi connectivity index (χ4v) is 3.09. The van der Waals surface area contributed by atoms with Gasteiger partial charge >= 0.3 is 0 Å². The Bertz CT molecular complexity index is 391. The molecule has 4 heteroatoms. The second-order valence-electron chi connectivity index (χ2n) is 5.79. The SMILES string of the molecule is CCCNC(Cc1cc(OC)ncn1)CC1CCCC1. The lowest BCUT2D eigenvalue weighted by molar-refractivity contribution is 0.378. The fourth-order valence-electron chi connectivity index (χ4n) is 3.09. The van der Waals surface area contributed by atoms with E-state index in [0.717, 1.165) is 24.6 Å². The minimum atomic E-state index is 0.526. The molecule has 1 saturated carbocycles. The number of hydrogen-bond donors (Lipinski definition) is 1. The summed E-state index contributed by atoms with van der Waals surface area (Å²) in [5.41, 5.74) is 1.07. The number of nitrogens with one attached hydrogen (secondary N) is 1. The van der Waals surface area contributed by atoms with Crippen molar-refractivity contribution in [1.29, 1.82) is 0 Å². The third-order valence-corrected chi connectivity index (χ3v) is 4.14. The molecule has 0 spiro atoms. The molecule has 20 heavy (non-hydrogen) atoms. The van der Waals surface area contributed by atoms with Gasteiger partial charge in [0.25, 0.3) is 0 Å². The molecule has 1 atom stereocenters. The molecule has 1 fully saturated rings. The summed E-state index contributed by atoms with van der Waals surface area (Å²) in [6.45, 7) is 3.30. The van der Waals surface area contributed by atoms with Gasteiger partial charge in [0.05, 0.1) is 7.11 Å². The predicted octanol–water partition coefficient (Wildman–Crippen LogP) is 2.98. The van der Waals surface area contributed by atoms with Crippen LogP contribution in [0.5, 0.6) is 5.88 Å². The lowest BCUT2D eigenvalue weighted by atomic mass is 9.95. The van der Waals surface area contributed by atoms with Crippen molar-refractivity contribution < 1.29 is 4.74 Å². The van der Waals surface area contributed by atoms with E-state index >= 15 is 0 Å². The first-order chi connectivity index (χ1) is 9.81. The summed E-state index contributed by atoms with van der Waals surface area (Å²) in [6, 6.07) is 2.48. The Kier molecular flexibility index (Phi) is 6.25. The summed E-state index contributed by atoms with van der Waals surface area (Å²) < 4.78 is 5.18. The Labute approximate surface area is 122 Å². The van der Waals surface area contributed by atoms with Gasteiger partial charge < -0.3 is 10.1 Å². The Morgan fingerprint density at radius 2 is 2.15 bits per heavy atom. The average molecular weight is 277 g/mol. The Hall–Kier alpha value is -1.16. The second kappa shape index (κ2) is 8.20. The maximum absolute atomic E-state index is 5.18. The van der Waals surface area contributed by atoms with Crippen molar-refractivity contribution in [3.8, 4) is 5.88 Å². The summed E-state index contributed by atoms with van der Waals surface area (Å²) in [5.74, 6) is 1.55. The van der Waals surface area contributed by atoms with Crippen molar-refractivity contribution in [1.82, 2.24) is 15.3 Å². The van der Waals surface area contributed by atoms with Crippen molar-refractivity contribution in [3.63, 3.8) is 0 Å². The molecular formula is C16H27N3O. The van der Waals surface area contributed by atoms with Gasteiger partial charge in [-0.1, -0.05) is 32.6 Å². The largest absolute Gasteiger partial charge is 0.481 e. The molecule has 1 N–H and O–H groups in total. The monoisotopic (exact) mass is 277 g/mol. The van der Waals surface area contributed by atoms with E-state index in [4.69, 9.17) is 4.74 Å². The van der Waals surface area contributed by atoms with Crippen molar-refractivity contribution >= 4 is 0 Å². The molecule has 1 unspecified atom stereocenters. The minimum absolute atomic E-state index is 0.526. The molecule has 1 aromatic rings. The number of aromatic nitrogens is 2. The van der Waals surface area contributed by atoms with Crippen molar-refractivity contribution in [2.75, 3.05) is 13.7 Å². The molecule has 0 radical (unpaired) electrons. The zero-order valence-corrected chi connectivity index (χ0v) is 12.8. The predicted molar refractivity (Wildman–Crippen MR) is 80.9 cm³/mol. The highest BCUT2D eigenvalue weighted by atomic mass is 16.5. The third-order valence-electron chi connectivity index (χ3n) is 4.14. The van der Waals surface area contributed by atoms with Gasteiger partial charge in [-0.2, -0.15) is 0 Å². The average Bonchev–Trinajstić information content (AvgIpc) is 2.98. The van der Waals surface area contributed by atoms with E-state index in [-0.39, 0.29) is 0 Å². The molecule has 0 aromatic carbocycles. The second-order valence-corrected chi connectivity index (χ2v) is 5.79. The van der Waals surface area contributed by atoms with E-state index in [1.54, 1.807) is 13.4 Å². The van der Waals surface area contributed by atoms with Gasteiger partial charge in [-0.25, -0.2) is 9.97 Å². The van der Waals surface area contributed by atoms with Crippen LogP contribution in [-0.2, 0) is 6.42 Å². The Balaban J connectivity index is 1.94. The summed E-state index contributed by atoms with van der Waals surface area (Å²) in [4.78, 5) is 8.46. The maximum atomic E-state index is 5.18. The van der Waals surface area contributed by atoms with E-state index in [0.29, 0.717) is 11.9 Å². The van der Waals surface area contributed by atoms with Crippen LogP contribution >= 0.6 is 0 Å². The molecule has 0 bridgehead atoms. The van der Waals surface area contributed by atoms with Crippen LogP contribution in [0.2, 0.25) is 0 Å². The number of hydrogen-bond acceptors (Lipinski definition) is 4. The Morgan fingerprint density at radius 3 is 2.85 bits per heavy atom. The van der Waals surface area contributed by atoms with E-state index in [2.05, 4.69) is 22.2 Å².